The van der Waals surface area contributed by atoms with Gasteiger partial charge in [-0.1, -0.05) is 60.7 Å². The van der Waals surface area contributed by atoms with Gasteiger partial charge in [-0.2, -0.15) is 0 Å². The van der Waals surface area contributed by atoms with Gasteiger partial charge in [-0.05, 0) is 47.9 Å². The second kappa shape index (κ2) is 17.3. The lowest BCUT2D eigenvalue weighted by Gasteiger charge is -2.30. The first kappa shape index (κ1) is 38.0. The van der Waals surface area contributed by atoms with E-state index < -0.39 is 60.3 Å². The molecule has 274 valence electrons. The first-order valence-electron chi connectivity index (χ1n) is 17.2. The molecule has 0 spiro atoms. The van der Waals surface area contributed by atoms with E-state index in [0.717, 1.165) is 27.6 Å². The van der Waals surface area contributed by atoms with Gasteiger partial charge < -0.3 is 41.6 Å². The van der Waals surface area contributed by atoms with Crippen LogP contribution in [0.3, 0.4) is 0 Å². The molecule has 4 atom stereocenters. The molecule has 2 aliphatic rings. The summed E-state index contributed by atoms with van der Waals surface area (Å²) >= 11 is 0. The number of aromatic nitrogens is 1. The first-order chi connectivity index (χ1) is 24.7. The van der Waals surface area contributed by atoms with Crippen molar-refractivity contribution in [3.8, 4) is 0 Å². The van der Waals surface area contributed by atoms with Crippen molar-refractivity contribution in [3.05, 3.63) is 107 Å². The third-order valence-electron chi connectivity index (χ3n) is 9.45. The van der Waals surface area contributed by atoms with Gasteiger partial charge >= 0.3 is 0 Å². The molecule has 52 heavy (non-hydrogen) atoms. The maximum atomic E-state index is 14.4. The van der Waals surface area contributed by atoms with Gasteiger partial charge in [-0.3, -0.25) is 24.0 Å². The topological polar surface area (TPSA) is 190 Å². The van der Waals surface area contributed by atoms with Crippen molar-refractivity contribution in [1.29, 1.82) is 0 Å². The number of nitrogens with two attached hydrogens (primary N) is 1. The summed E-state index contributed by atoms with van der Waals surface area (Å²) in [5.74, 6) is -2.65. The number of H-pyrrole nitrogens is 1. The number of aliphatic hydroxyl groups is 1. The summed E-state index contributed by atoms with van der Waals surface area (Å²) in [5.41, 5.74) is 9.43. The van der Waals surface area contributed by atoms with Crippen LogP contribution in [-0.4, -0.2) is 106 Å². The molecule has 2 aliphatic heterocycles. The van der Waals surface area contributed by atoms with Gasteiger partial charge in [0.1, 0.15) is 18.1 Å². The van der Waals surface area contributed by atoms with Crippen molar-refractivity contribution in [2.24, 2.45) is 5.73 Å². The molecule has 3 heterocycles. The minimum Gasteiger partial charge on any atom is -0.391 e. The maximum Gasteiger partial charge on any atom is 0.254 e. The quantitative estimate of drug-likeness (QED) is 0.164. The van der Waals surface area contributed by atoms with Crippen molar-refractivity contribution in [1.82, 2.24) is 30.7 Å². The van der Waals surface area contributed by atoms with E-state index in [9.17, 15) is 29.1 Å². The zero-order chi connectivity index (χ0) is 35.9. The van der Waals surface area contributed by atoms with Gasteiger partial charge in [0.05, 0.1) is 12.6 Å². The molecule has 6 rings (SSSR count). The first-order valence-corrected chi connectivity index (χ1v) is 17.2. The Morgan fingerprint density at radius 2 is 1.58 bits per heavy atom. The number of carbonyl (C=O) groups is 5. The molecule has 2 fully saturated rings. The standard InChI is InChI=1S/C38H43N7O6.ClH/c39-15-14-24-10-12-26(13-11-24)37(50)44-17-16-40-35(48)31(18-25-6-2-1-3-7-25)43-36(49)33-20-28(46)22-45(33)38(51)32(42-34(47)23-44)19-27-21-41-30-9-5-4-8-29(27)30;/h1-13,21,28,31-33,41,46H,14-20,22-23,39H2,(H,40,48)(H,42,47)(H,43,49);1H/t28-,31+,32-,33+;/m1./s1. The number of halogens is 1. The number of nitrogens with zero attached hydrogens (tertiary/aromatic N) is 2. The van der Waals surface area contributed by atoms with Crippen molar-refractivity contribution >= 4 is 52.8 Å². The molecule has 0 bridgehead atoms. The summed E-state index contributed by atoms with van der Waals surface area (Å²) in [5, 5.41) is 20.1. The molecule has 0 unspecified atom stereocenters. The van der Waals surface area contributed by atoms with Crippen molar-refractivity contribution in [3.63, 3.8) is 0 Å². The van der Waals surface area contributed by atoms with E-state index in [2.05, 4.69) is 20.9 Å². The highest BCUT2D eigenvalue weighted by molar-refractivity contribution is 5.98. The Labute approximate surface area is 307 Å². The number of rotatable bonds is 7. The molecule has 0 saturated carbocycles. The van der Waals surface area contributed by atoms with Crippen LogP contribution in [0.25, 0.3) is 10.9 Å². The van der Waals surface area contributed by atoms with E-state index in [4.69, 9.17) is 5.73 Å². The Hall–Kier alpha value is -5.24. The molecule has 7 N–H and O–H groups in total. The van der Waals surface area contributed by atoms with Crippen LogP contribution in [0.1, 0.15) is 33.5 Å². The molecule has 4 aromatic rings. The van der Waals surface area contributed by atoms with Crippen LogP contribution in [-0.2, 0) is 38.4 Å². The SMILES string of the molecule is Cl.NCCc1ccc(C(=O)N2CCNC(=O)[C@H](Cc3ccccc3)NC(=O)[C@@H]3C[C@@H](O)CN3C(=O)[C@@H](Cc3c[nH]c4ccccc34)NC(=O)C2)cc1. The summed E-state index contributed by atoms with van der Waals surface area (Å²) in [6.07, 6.45) is 1.66. The number of carbonyl (C=O) groups excluding carboxylic acids is 5. The molecule has 14 heteroatoms. The molecule has 2 saturated heterocycles. The monoisotopic (exact) mass is 729 g/mol. The van der Waals surface area contributed by atoms with E-state index in [1.807, 2.05) is 66.7 Å². The second-order valence-corrected chi connectivity index (χ2v) is 13.1. The smallest absolute Gasteiger partial charge is 0.254 e. The lowest BCUT2D eigenvalue weighted by atomic mass is 10.0. The number of nitrogens with one attached hydrogen (secondary N) is 4. The number of aliphatic hydroxyl groups excluding tert-OH is 1. The number of amides is 5. The second-order valence-electron chi connectivity index (χ2n) is 13.1. The fraction of sp³-hybridized carbons (Fsp3) is 0.342. The Morgan fingerprint density at radius 3 is 2.33 bits per heavy atom. The fourth-order valence-electron chi connectivity index (χ4n) is 6.82. The Kier molecular flexibility index (Phi) is 12.7. The van der Waals surface area contributed by atoms with Crippen molar-refractivity contribution in [2.75, 3.05) is 32.7 Å². The van der Waals surface area contributed by atoms with Gasteiger partial charge in [0.25, 0.3) is 5.91 Å². The molecule has 13 nitrogen and oxygen atoms in total. The predicted molar refractivity (Wildman–Crippen MR) is 197 cm³/mol. The van der Waals surface area contributed by atoms with Crippen LogP contribution in [0.2, 0.25) is 0 Å². The van der Waals surface area contributed by atoms with E-state index in [1.54, 1.807) is 18.3 Å². The van der Waals surface area contributed by atoms with Gasteiger partial charge in [-0.15, -0.1) is 12.4 Å². The number of hydrogen-bond donors (Lipinski definition) is 6. The highest BCUT2D eigenvalue weighted by Crippen LogP contribution is 2.24. The van der Waals surface area contributed by atoms with Gasteiger partial charge in [-0.25, -0.2) is 0 Å². The number of benzene rings is 3. The van der Waals surface area contributed by atoms with Gasteiger partial charge in [0.2, 0.25) is 23.6 Å². The van der Waals surface area contributed by atoms with Crippen LogP contribution >= 0.6 is 12.4 Å². The molecule has 3 aromatic carbocycles. The Morgan fingerprint density at radius 1 is 0.846 bits per heavy atom. The average molecular weight is 730 g/mol. The largest absolute Gasteiger partial charge is 0.391 e. The fourth-order valence-corrected chi connectivity index (χ4v) is 6.82. The van der Waals surface area contributed by atoms with Gasteiger partial charge in [0, 0.05) is 61.6 Å². The summed E-state index contributed by atoms with van der Waals surface area (Å²) < 4.78 is 0. The number of aromatic amines is 1. The lowest BCUT2D eigenvalue weighted by molar-refractivity contribution is -0.142. The van der Waals surface area contributed by atoms with E-state index in [1.165, 1.54) is 9.80 Å². The number of hydrogen-bond acceptors (Lipinski definition) is 7. The lowest BCUT2D eigenvalue weighted by Crippen LogP contribution is -2.57. The summed E-state index contributed by atoms with van der Waals surface area (Å²) in [6.45, 7) is -0.0849. The van der Waals surface area contributed by atoms with Gasteiger partial charge in [0.15, 0.2) is 0 Å². The minimum absolute atomic E-state index is 0. The van der Waals surface area contributed by atoms with Crippen LogP contribution in [0, 0.1) is 0 Å². The van der Waals surface area contributed by atoms with E-state index >= 15 is 0 Å². The summed E-state index contributed by atoms with van der Waals surface area (Å²) in [7, 11) is 0. The molecular formula is C38H44ClN7O6. The highest BCUT2D eigenvalue weighted by Gasteiger charge is 2.43. The van der Waals surface area contributed by atoms with E-state index in [-0.39, 0.29) is 51.3 Å². The average Bonchev–Trinajstić information content (AvgIpc) is 3.73. The number of fused-ring (bicyclic) bond motifs is 2. The molecule has 5 amide bonds. The summed E-state index contributed by atoms with van der Waals surface area (Å²) in [6, 6.07) is 20.5. The Bertz CT molecular complexity index is 1890. The normalized spacial score (nSPS) is 21.7. The highest BCUT2D eigenvalue weighted by atomic mass is 35.5. The third-order valence-corrected chi connectivity index (χ3v) is 9.45. The number of para-hydroxylation sites is 1. The van der Waals surface area contributed by atoms with E-state index in [0.29, 0.717) is 18.5 Å². The molecule has 1 aromatic heterocycles. The van der Waals surface area contributed by atoms with Crippen LogP contribution in [0.15, 0.2) is 85.1 Å². The predicted octanol–water partition coefficient (Wildman–Crippen LogP) is 1.08. The van der Waals surface area contributed by atoms with Crippen molar-refractivity contribution < 1.29 is 29.1 Å². The molecule has 0 aliphatic carbocycles. The zero-order valence-electron chi connectivity index (χ0n) is 28.6. The zero-order valence-corrected chi connectivity index (χ0v) is 29.4. The van der Waals surface area contributed by atoms with Crippen LogP contribution in [0.4, 0.5) is 0 Å². The molecule has 0 radical (unpaired) electrons. The van der Waals surface area contributed by atoms with Crippen LogP contribution < -0.4 is 21.7 Å². The summed E-state index contributed by atoms with van der Waals surface area (Å²) in [4.78, 5) is 75.2. The molecular weight excluding hydrogens is 686 g/mol. The van der Waals surface area contributed by atoms with Crippen LogP contribution in [0.5, 0.6) is 0 Å². The minimum atomic E-state index is -1.13. The van der Waals surface area contributed by atoms with Crippen molar-refractivity contribution in [2.45, 2.75) is 49.9 Å². The maximum absolute atomic E-state index is 14.4. The third kappa shape index (κ3) is 8.97. The Balaban J connectivity index is 0.00000523.